The summed E-state index contributed by atoms with van der Waals surface area (Å²) in [6.45, 7) is 2.12. The Bertz CT molecular complexity index is 383. The van der Waals surface area contributed by atoms with Crippen LogP contribution in [0.1, 0.15) is 10.4 Å². The lowest BCUT2D eigenvalue weighted by Gasteiger charge is -2.26. The van der Waals surface area contributed by atoms with E-state index in [9.17, 15) is 9.18 Å². The molecule has 1 aromatic carbocycles. The summed E-state index contributed by atoms with van der Waals surface area (Å²) < 4.78 is 18.2. The van der Waals surface area contributed by atoms with E-state index in [2.05, 4.69) is 0 Å². The zero-order chi connectivity index (χ0) is 11.5. The second-order valence-corrected chi connectivity index (χ2v) is 3.68. The number of carbonyl (C=O) groups is 1. The minimum atomic E-state index is -0.489. The average molecular weight is 224 g/mol. The minimum Gasteiger partial charge on any atom is -0.399 e. The Labute approximate surface area is 92.8 Å². The largest absolute Gasteiger partial charge is 0.399 e. The molecule has 0 aromatic heterocycles. The van der Waals surface area contributed by atoms with Crippen molar-refractivity contribution in [2.24, 2.45) is 0 Å². The second-order valence-electron chi connectivity index (χ2n) is 3.68. The summed E-state index contributed by atoms with van der Waals surface area (Å²) in [4.78, 5) is 13.6. The number of nitrogens with two attached hydrogens (primary N) is 1. The molecule has 2 rings (SSSR count). The van der Waals surface area contributed by atoms with Crippen LogP contribution in [0.3, 0.4) is 0 Å². The first-order chi connectivity index (χ1) is 7.66. The van der Waals surface area contributed by atoms with Crippen molar-refractivity contribution in [3.05, 3.63) is 29.6 Å². The molecule has 5 heteroatoms. The molecule has 2 N–H and O–H groups in total. The van der Waals surface area contributed by atoms with Gasteiger partial charge in [-0.2, -0.15) is 0 Å². The van der Waals surface area contributed by atoms with E-state index in [0.717, 1.165) is 0 Å². The molecule has 0 bridgehead atoms. The van der Waals surface area contributed by atoms with Gasteiger partial charge < -0.3 is 15.4 Å². The van der Waals surface area contributed by atoms with Crippen LogP contribution in [0.15, 0.2) is 18.2 Å². The van der Waals surface area contributed by atoms with E-state index in [0.29, 0.717) is 31.9 Å². The molecule has 1 aromatic rings. The number of halogens is 1. The third-order valence-electron chi connectivity index (χ3n) is 2.47. The van der Waals surface area contributed by atoms with E-state index in [1.165, 1.54) is 18.2 Å². The summed E-state index contributed by atoms with van der Waals surface area (Å²) in [5.74, 6) is -0.689. The molecule has 1 aliphatic heterocycles. The topological polar surface area (TPSA) is 55.6 Å². The number of benzene rings is 1. The molecule has 0 spiro atoms. The van der Waals surface area contributed by atoms with Gasteiger partial charge in [-0.05, 0) is 18.2 Å². The van der Waals surface area contributed by atoms with Crippen LogP contribution in [0, 0.1) is 5.82 Å². The van der Waals surface area contributed by atoms with Gasteiger partial charge in [-0.15, -0.1) is 0 Å². The highest BCUT2D eigenvalue weighted by Crippen LogP contribution is 2.13. The maximum absolute atomic E-state index is 13.1. The Hall–Kier alpha value is -1.62. The first-order valence-electron chi connectivity index (χ1n) is 5.10. The van der Waals surface area contributed by atoms with Gasteiger partial charge in [0.2, 0.25) is 0 Å². The quantitative estimate of drug-likeness (QED) is 0.720. The Balaban J connectivity index is 2.19. The summed E-state index contributed by atoms with van der Waals surface area (Å²) in [6.07, 6.45) is 0. The Morgan fingerprint density at radius 1 is 1.31 bits per heavy atom. The highest BCUT2D eigenvalue weighted by molar-refractivity contribution is 5.95. The van der Waals surface area contributed by atoms with Gasteiger partial charge in [0, 0.05) is 24.3 Å². The smallest absolute Gasteiger partial charge is 0.254 e. The number of nitrogens with zero attached hydrogens (tertiary/aromatic N) is 1. The standard InChI is InChI=1S/C11H13FN2O2/c12-9-5-8(6-10(13)7-9)11(15)14-1-3-16-4-2-14/h5-7H,1-4,13H2. The average Bonchev–Trinajstić information content (AvgIpc) is 2.28. The third-order valence-corrected chi connectivity index (χ3v) is 2.47. The Morgan fingerprint density at radius 3 is 2.62 bits per heavy atom. The van der Waals surface area contributed by atoms with E-state index < -0.39 is 5.82 Å². The van der Waals surface area contributed by atoms with E-state index in [-0.39, 0.29) is 11.6 Å². The molecule has 1 heterocycles. The molecular weight excluding hydrogens is 211 g/mol. The van der Waals surface area contributed by atoms with Gasteiger partial charge in [-0.3, -0.25) is 4.79 Å². The normalized spacial score (nSPS) is 16.2. The van der Waals surface area contributed by atoms with Crippen molar-refractivity contribution in [2.75, 3.05) is 32.0 Å². The fraction of sp³-hybridized carbons (Fsp3) is 0.364. The van der Waals surface area contributed by atoms with Crippen molar-refractivity contribution in [1.82, 2.24) is 4.90 Å². The predicted octanol–water partition coefficient (Wildman–Crippen LogP) is 0.880. The van der Waals surface area contributed by atoms with E-state index in [4.69, 9.17) is 10.5 Å². The summed E-state index contributed by atoms with van der Waals surface area (Å²) >= 11 is 0. The fourth-order valence-electron chi connectivity index (χ4n) is 1.68. The van der Waals surface area contributed by atoms with Gasteiger partial charge in [-0.25, -0.2) is 4.39 Å². The summed E-state index contributed by atoms with van der Waals surface area (Å²) in [6, 6.07) is 3.88. The van der Waals surface area contributed by atoms with Gasteiger partial charge in [0.15, 0.2) is 0 Å². The zero-order valence-electron chi connectivity index (χ0n) is 8.78. The van der Waals surface area contributed by atoms with Gasteiger partial charge in [-0.1, -0.05) is 0 Å². The summed E-state index contributed by atoms with van der Waals surface area (Å²) in [5, 5.41) is 0. The van der Waals surface area contributed by atoms with Crippen LogP contribution in [0.25, 0.3) is 0 Å². The number of anilines is 1. The molecule has 4 nitrogen and oxygen atoms in total. The number of morpholine rings is 1. The zero-order valence-corrected chi connectivity index (χ0v) is 8.78. The number of hydrogen-bond acceptors (Lipinski definition) is 3. The Morgan fingerprint density at radius 2 is 2.00 bits per heavy atom. The SMILES string of the molecule is Nc1cc(F)cc(C(=O)N2CCOCC2)c1. The number of rotatable bonds is 1. The molecule has 1 fully saturated rings. The van der Waals surface area contributed by atoms with Crippen LogP contribution in [0.2, 0.25) is 0 Å². The fourth-order valence-corrected chi connectivity index (χ4v) is 1.68. The molecule has 0 aliphatic carbocycles. The van der Waals surface area contributed by atoms with Gasteiger partial charge in [0.25, 0.3) is 5.91 Å². The Kier molecular flexibility index (Phi) is 3.05. The lowest BCUT2D eigenvalue weighted by Crippen LogP contribution is -2.40. The highest BCUT2D eigenvalue weighted by Gasteiger charge is 2.19. The molecule has 0 unspecified atom stereocenters. The van der Waals surface area contributed by atoms with Crippen molar-refractivity contribution >= 4 is 11.6 Å². The summed E-state index contributed by atoms with van der Waals surface area (Å²) in [5.41, 5.74) is 6.04. The first-order valence-corrected chi connectivity index (χ1v) is 5.10. The maximum atomic E-state index is 13.1. The molecule has 16 heavy (non-hydrogen) atoms. The molecule has 0 radical (unpaired) electrons. The van der Waals surface area contributed by atoms with Crippen LogP contribution in [-0.2, 0) is 4.74 Å². The van der Waals surface area contributed by atoms with Crippen LogP contribution in [-0.4, -0.2) is 37.1 Å². The van der Waals surface area contributed by atoms with E-state index in [1.807, 2.05) is 0 Å². The second kappa shape index (κ2) is 4.49. The van der Waals surface area contributed by atoms with Crippen LogP contribution in [0.4, 0.5) is 10.1 Å². The van der Waals surface area contributed by atoms with Gasteiger partial charge in [0.1, 0.15) is 5.82 Å². The van der Waals surface area contributed by atoms with Crippen molar-refractivity contribution in [1.29, 1.82) is 0 Å². The third kappa shape index (κ3) is 2.30. The van der Waals surface area contributed by atoms with Gasteiger partial charge in [0.05, 0.1) is 13.2 Å². The van der Waals surface area contributed by atoms with Crippen LogP contribution < -0.4 is 5.73 Å². The minimum absolute atomic E-state index is 0.200. The number of amides is 1. The van der Waals surface area contributed by atoms with Gasteiger partial charge >= 0.3 is 0 Å². The number of carbonyl (C=O) groups excluding carboxylic acids is 1. The maximum Gasteiger partial charge on any atom is 0.254 e. The van der Waals surface area contributed by atoms with Crippen molar-refractivity contribution < 1.29 is 13.9 Å². The lowest BCUT2D eigenvalue weighted by atomic mass is 10.1. The number of hydrogen-bond donors (Lipinski definition) is 1. The van der Waals surface area contributed by atoms with Crippen LogP contribution in [0.5, 0.6) is 0 Å². The molecule has 1 amide bonds. The number of nitrogen functional groups attached to an aromatic ring is 1. The molecule has 0 saturated carbocycles. The lowest BCUT2D eigenvalue weighted by molar-refractivity contribution is 0.0302. The molecule has 1 saturated heterocycles. The van der Waals surface area contributed by atoms with Crippen LogP contribution >= 0.6 is 0 Å². The number of ether oxygens (including phenoxy) is 1. The molecule has 86 valence electrons. The van der Waals surface area contributed by atoms with E-state index >= 15 is 0 Å². The van der Waals surface area contributed by atoms with Crippen molar-refractivity contribution in [2.45, 2.75) is 0 Å². The molecule has 0 atom stereocenters. The van der Waals surface area contributed by atoms with Crippen molar-refractivity contribution in [3.63, 3.8) is 0 Å². The monoisotopic (exact) mass is 224 g/mol. The highest BCUT2D eigenvalue weighted by atomic mass is 19.1. The first kappa shape index (κ1) is 10.9. The molecule has 1 aliphatic rings. The van der Waals surface area contributed by atoms with Crippen molar-refractivity contribution in [3.8, 4) is 0 Å². The van der Waals surface area contributed by atoms with E-state index in [1.54, 1.807) is 4.90 Å². The predicted molar refractivity (Wildman–Crippen MR) is 57.5 cm³/mol. The summed E-state index contributed by atoms with van der Waals surface area (Å²) in [7, 11) is 0. The molecular formula is C11H13FN2O2.